The molecule has 0 aromatic heterocycles. The van der Waals surface area contributed by atoms with Crippen molar-refractivity contribution in [2.45, 2.75) is 32.0 Å². The van der Waals surface area contributed by atoms with Gasteiger partial charge in [0.05, 0.1) is 6.10 Å². The van der Waals surface area contributed by atoms with E-state index in [4.69, 9.17) is 11.6 Å². The number of aliphatic hydroxyl groups is 1. The van der Waals surface area contributed by atoms with Crippen molar-refractivity contribution in [1.29, 1.82) is 0 Å². The predicted molar refractivity (Wildman–Crippen MR) is 79.6 cm³/mol. The normalized spacial score (nSPS) is 24.3. The average molecular weight is 283 g/mol. The van der Waals surface area contributed by atoms with Crippen molar-refractivity contribution in [1.82, 2.24) is 9.80 Å². The molecular formula is C15H23ClN2O. The van der Waals surface area contributed by atoms with E-state index in [1.165, 1.54) is 5.56 Å². The number of likely N-dealkylation sites (tertiary alicyclic amines) is 1. The van der Waals surface area contributed by atoms with Gasteiger partial charge < -0.3 is 10.0 Å². The Morgan fingerprint density at radius 1 is 1.42 bits per heavy atom. The van der Waals surface area contributed by atoms with Gasteiger partial charge in [0.15, 0.2) is 0 Å². The summed E-state index contributed by atoms with van der Waals surface area (Å²) in [7, 11) is 4.14. The van der Waals surface area contributed by atoms with Crippen molar-refractivity contribution >= 4 is 11.6 Å². The highest BCUT2D eigenvalue weighted by atomic mass is 35.5. The van der Waals surface area contributed by atoms with E-state index in [1.54, 1.807) is 0 Å². The summed E-state index contributed by atoms with van der Waals surface area (Å²) in [6.45, 7) is 4.57. The van der Waals surface area contributed by atoms with Crippen molar-refractivity contribution in [2.24, 2.45) is 0 Å². The third-order valence-corrected chi connectivity index (χ3v) is 4.02. The summed E-state index contributed by atoms with van der Waals surface area (Å²) in [6.07, 6.45) is 0.635. The highest BCUT2D eigenvalue weighted by molar-refractivity contribution is 6.31. The van der Waals surface area contributed by atoms with E-state index in [9.17, 15) is 5.11 Å². The van der Waals surface area contributed by atoms with Crippen LogP contribution in [-0.4, -0.2) is 54.2 Å². The summed E-state index contributed by atoms with van der Waals surface area (Å²) in [6, 6.07) is 6.59. The Labute approximate surface area is 120 Å². The molecule has 1 fully saturated rings. The fourth-order valence-corrected chi connectivity index (χ4v) is 3.06. The molecule has 0 spiro atoms. The number of likely N-dealkylation sites (N-methyl/N-ethyl adjacent to an activating group) is 1. The Kier molecular flexibility index (Phi) is 4.85. The highest BCUT2D eigenvalue weighted by Gasteiger charge is 2.31. The molecule has 19 heavy (non-hydrogen) atoms. The fourth-order valence-electron chi connectivity index (χ4n) is 2.76. The van der Waals surface area contributed by atoms with Crippen molar-refractivity contribution in [3.63, 3.8) is 0 Å². The lowest BCUT2D eigenvalue weighted by molar-refractivity contribution is 0.169. The molecule has 0 bridgehead atoms. The summed E-state index contributed by atoms with van der Waals surface area (Å²) in [5.74, 6) is 0. The van der Waals surface area contributed by atoms with E-state index in [1.807, 2.05) is 13.0 Å². The van der Waals surface area contributed by atoms with Gasteiger partial charge in [0.25, 0.3) is 0 Å². The van der Waals surface area contributed by atoms with Crippen LogP contribution in [0.2, 0.25) is 5.02 Å². The Balaban J connectivity index is 2.07. The topological polar surface area (TPSA) is 26.7 Å². The van der Waals surface area contributed by atoms with Crippen LogP contribution in [0.15, 0.2) is 18.2 Å². The lowest BCUT2D eigenvalue weighted by atomic mass is 10.1. The molecule has 0 amide bonds. The smallest absolute Gasteiger partial charge is 0.0682 e. The first kappa shape index (κ1) is 14.8. The Hall–Kier alpha value is -0.610. The number of halogens is 1. The maximum Gasteiger partial charge on any atom is 0.0682 e. The molecule has 2 unspecified atom stereocenters. The van der Waals surface area contributed by atoms with Gasteiger partial charge in [-0.3, -0.25) is 4.90 Å². The molecule has 2 atom stereocenters. The van der Waals surface area contributed by atoms with Crippen LogP contribution in [0.1, 0.15) is 17.5 Å². The fraction of sp³-hybridized carbons (Fsp3) is 0.600. The zero-order valence-corrected chi connectivity index (χ0v) is 12.7. The first-order valence-electron chi connectivity index (χ1n) is 6.77. The van der Waals surface area contributed by atoms with E-state index in [2.05, 4.69) is 36.0 Å². The lowest BCUT2D eigenvalue weighted by Crippen LogP contribution is -2.37. The van der Waals surface area contributed by atoms with Gasteiger partial charge in [-0.25, -0.2) is 0 Å². The van der Waals surface area contributed by atoms with E-state index in [0.29, 0.717) is 6.04 Å². The van der Waals surface area contributed by atoms with Gasteiger partial charge in [0.2, 0.25) is 0 Å². The average Bonchev–Trinajstić information content (AvgIpc) is 2.62. The van der Waals surface area contributed by atoms with Crippen LogP contribution in [0.3, 0.4) is 0 Å². The molecule has 1 saturated heterocycles. The number of benzene rings is 1. The standard InChI is InChI=1S/C15H23ClN2O/c1-11-4-5-12(15(16)6-11)8-18-10-14(19)7-13(18)9-17(2)3/h4-6,13-14,19H,7-10H2,1-3H3. The highest BCUT2D eigenvalue weighted by Crippen LogP contribution is 2.25. The molecule has 1 aromatic carbocycles. The van der Waals surface area contributed by atoms with Crippen LogP contribution in [0.25, 0.3) is 0 Å². The van der Waals surface area contributed by atoms with E-state index >= 15 is 0 Å². The van der Waals surface area contributed by atoms with Crippen LogP contribution in [-0.2, 0) is 6.54 Å². The summed E-state index contributed by atoms with van der Waals surface area (Å²) < 4.78 is 0. The molecule has 4 heteroatoms. The SMILES string of the molecule is Cc1ccc(CN2CC(O)CC2CN(C)C)c(Cl)c1. The van der Waals surface area contributed by atoms with Crippen molar-refractivity contribution in [3.05, 3.63) is 34.3 Å². The zero-order valence-electron chi connectivity index (χ0n) is 11.9. The first-order chi connectivity index (χ1) is 8.95. The van der Waals surface area contributed by atoms with Gasteiger partial charge in [-0.15, -0.1) is 0 Å². The summed E-state index contributed by atoms with van der Waals surface area (Å²) in [5, 5.41) is 10.7. The van der Waals surface area contributed by atoms with Gasteiger partial charge in [0.1, 0.15) is 0 Å². The largest absolute Gasteiger partial charge is 0.392 e. The molecule has 1 aliphatic rings. The minimum Gasteiger partial charge on any atom is -0.392 e. The minimum atomic E-state index is -0.214. The molecule has 1 aliphatic heterocycles. The molecule has 1 heterocycles. The number of nitrogens with zero attached hydrogens (tertiary/aromatic N) is 2. The van der Waals surface area contributed by atoms with Gasteiger partial charge in [0, 0.05) is 30.7 Å². The molecule has 0 aliphatic carbocycles. The molecular weight excluding hydrogens is 260 g/mol. The lowest BCUT2D eigenvalue weighted by Gasteiger charge is -2.27. The van der Waals surface area contributed by atoms with Crippen LogP contribution in [0.4, 0.5) is 0 Å². The molecule has 0 saturated carbocycles. The zero-order chi connectivity index (χ0) is 14.0. The van der Waals surface area contributed by atoms with Gasteiger partial charge in [-0.1, -0.05) is 23.7 Å². The second-order valence-electron chi connectivity index (χ2n) is 5.83. The molecule has 1 aromatic rings. The maximum atomic E-state index is 9.88. The Morgan fingerprint density at radius 2 is 2.16 bits per heavy atom. The molecule has 3 nitrogen and oxygen atoms in total. The summed E-state index contributed by atoms with van der Waals surface area (Å²) >= 11 is 6.30. The van der Waals surface area contributed by atoms with Crippen LogP contribution < -0.4 is 0 Å². The molecule has 106 valence electrons. The van der Waals surface area contributed by atoms with Crippen LogP contribution in [0, 0.1) is 6.92 Å². The Bertz CT molecular complexity index is 436. The third kappa shape index (κ3) is 3.93. The number of β-amino-alcohol motifs (C(OH)–C–C–N with tert-alkyl or cyclic N) is 1. The molecule has 0 radical (unpaired) electrons. The second kappa shape index (κ2) is 6.23. The quantitative estimate of drug-likeness (QED) is 0.917. The number of rotatable bonds is 4. The summed E-state index contributed by atoms with van der Waals surface area (Å²) in [4.78, 5) is 4.51. The molecule has 2 rings (SSSR count). The maximum absolute atomic E-state index is 9.88. The van der Waals surface area contributed by atoms with Gasteiger partial charge >= 0.3 is 0 Å². The number of aliphatic hydroxyl groups excluding tert-OH is 1. The molecule has 1 N–H and O–H groups in total. The van der Waals surface area contributed by atoms with E-state index in [0.717, 1.165) is 36.6 Å². The number of aryl methyl sites for hydroxylation is 1. The second-order valence-corrected chi connectivity index (χ2v) is 6.24. The van der Waals surface area contributed by atoms with E-state index in [-0.39, 0.29) is 6.10 Å². The van der Waals surface area contributed by atoms with Crippen molar-refractivity contribution < 1.29 is 5.11 Å². The van der Waals surface area contributed by atoms with E-state index < -0.39 is 0 Å². The van der Waals surface area contributed by atoms with Gasteiger partial charge in [-0.05, 0) is 44.6 Å². The summed E-state index contributed by atoms with van der Waals surface area (Å²) in [5.41, 5.74) is 2.32. The minimum absolute atomic E-state index is 0.214. The van der Waals surface area contributed by atoms with Gasteiger partial charge in [-0.2, -0.15) is 0 Å². The Morgan fingerprint density at radius 3 is 2.79 bits per heavy atom. The van der Waals surface area contributed by atoms with Crippen LogP contribution in [0.5, 0.6) is 0 Å². The predicted octanol–water partition coefficient (Wildman–Crippen LogP) is 2.15. The van der Waals surface area contributed by atoms with Crippen molar-refractivity contribution in [3.8, 4) is 0 Å². The number of hydrogen-bond donors (Lipinski definition) is 1. The van der Waals surface area contributed by atoms with Crippen LogP contribution >= 0.6 is 11.6 Å². The number of hydrogen-bond acceptors (Lipinski definition) is 3. The third-order valence-electron chi connectivity index (χ3n) is 3.66. The monoisotopic (exact) mass is 282 g/mol. The first-order valence-corrected chi connectivity index (χ1v) is 7.15. The van der Waals surface area contributed by atoms with Crippen molar-refractivity contribution in [2.75, 3.05) is 27.2 Å².